The number of carbonyl (C=O) groups excluding carboxylic acids is 3. The number of nitrogens with one attached hydrogen (secondary N) is 1. The highest BCUT2D eigenvalue weighted by Crippen LogP contribution is 2.56. The summed E-state index contributed by atoms with van der Waals surface area (Å²) in [4.78, 5) is 53.4. The van der Waals surface area contributed by atoms with Crippen molar-refractivity contribution >= 4 is 35.5 Å². The molecular formula is C21H25N3O5S. The zero-order valence-corrected chi connectivity index (χ0v) is 17.9. The summed E-state index contributed by atoms with van der Waals surface area (Å²) in [6, 6.07) is 4.89. The summed E-state index contributed by atoms with van der Waals surface area (Å²) >= 11 is 1.56. The Hall–Kier alpha value is -2.55. The number of carboxylic acid groups (broad SMARTS) is 1. The van der Waals surface area contributed by atoms with Crippen molar-refractivity contribution < 1.29 is 24.3 Å². The first-order valence-electron chi connectivity index (χ1n) is 10.1. The second kappa shape index (κ2) is 7.30. The molecule has 30 heavy (non-hydrogen) atoms. The highest BCUT2D eigenvalue weighted by atomic mass is 32.2. The third kappa shape index (κ3) is 3.15. The van der Waals surface area contributed by atoms with Gasteiger partial charge in [-0.25, -0.2) is 4.79 Å². The van der Waals surface area contributed by atoms with Gasteiger partial charge in [-0.3, -0.25) is 14.4 Å². The third-order valence-electron chi connectivity index (χ3n) is 6.09. The Labute approximate surface area is 179 Å². The largest absolute Gasteiger partial charge is 0.480 e. The molecule has 0 aliphatic carbocycles. The quantitative estimate of drug-likeness (QED) is 0.750. The minimum absolute atomic E-state index is 0.182. The number of carbonyl (C=O) groups is 4. The minimum Gasteiger partial charge on any atom is -0.480 e. The van der Waals surface area contributed by atoms with Gasteiger partial charge in [0.1, 0.15) is 23.5 Å². The lowest BCUT2D eigenvalue weighted by atomic mass is 10.0. The van der Waals surface area contributed by atoms with Crippen molar-refractivity contribution in [3.63, 3.8) is 0 Å². The van der Waals surface area contributed by atoms with E-state index in [0.29, 0.717) is 24.9 Å². The molecule has 0 aromatic heterocycles. The zero-order chi connectivity index (χ0) is 21.8. The molecule has 0 spiro atoms. The second-order valence-corrected chi connectivity index (χ2v) is 10.3. The average Bonchev–Trinajstić information content (AvgIpc) is 3.34. The van der Waals surface area contributed by atoms with Crippen LogP contribution < -0.4 is 5.32 Å². The van der Waals surface area contributed by atoms with Gasteiger partial charge in [-0.15, -0.1) is 11.8 Å². The van der Waals surface area contributed by atoms with E-state index in [4.69, 9.17) is 0 Å². The zero-order valence-electron chi connectivity index (χ0n) is 17.1. The Morgan fingerprint density at radius 1 is 1.27 bits per heavy atom. The number of nitrogens with zero attached hydrogens (tertiary/aromatic N) is 2. The van der Waals surface area contributed by atoms with Crippen LogP contribution in [0.1, 0.15) is 54.9 Å². The van der Waals surface area contributed by atoms with E-state index in [1.54, 1.807) is 35.7 Å². The molecule has 2 N–H and O–H groups in total. The van der Waals surface area contributed by atoms with Crippen LogP contribution in [0.5, 0.6) is 0 Å². The molecular weight excluding hydrogens is 406 g/mol. The number of rotatable bonds is 4. The summed E-state index contributed by atoms with van der Waals surface area (Å²) in [5, 5.41) is 11.8. The fourth-order valence-electron chi connectivity index (χ4n) is 4.69. The van der Waals surface area contributed by atoms with Gasteiger partial charge in [0.05, 0.1) is 0 Å². The van der Waals surface area contributed by atoms with Crippen LogP contribution in [-0.2, 0) is 14.4 Å². The monoisotopic (exact) mass is 431 g/mol. The van der Waals surface area contributed by atoms with E-state index in [1.807, 2.05) is 26.0 Å². The van der Waals surface area contributed by atoms with Crippen molar-refractivity contribution in [1.82, 2.24) is 15.1 Å². The maximum absolute atomic E-state index is 13.2. The van der Waals surface area contributed by atoms with Crippen LogP contribution in [0.15, 0.2) is 24.3 Å². The van der Waals surface area contributed by atoms with E-state index in [-0.39, 0.29) is 11.3 Å². The number of aliphatic carboxylic acids is 1. The number of hydrogen-bond donors (Lipinski definition) is 2. The number of fused-ring (bicyclic) bond motifs is 3. The number of amides is 3. The summed E-state index contributed by atoms with van der Waals surface area (Å²) in [5.41, 5.74) is 1.51. The third-order valence-corrected chi connectivity index (χ3v) is 7.63. The topological polar surface area (TPSA) is 107 Å². The number of thioether (sulfide) groups is 1. The molecule has 2 saturated heterocycles. The highest BCUT2D eigenvalue weighted by molar-refractivity contribution is 8.01. The fraction of sp³-hybridized carbons (Fsp3) is 0.524. The van der Waals surface area contributed by atoms with E-state index < -0.39 is 40.7 Å². The van der Waals surface area contributed by atoms with Gasteiger partial charge in [-0.1, -0.05) is 18.2 Å². The van der Waals surface area contributed by atoms with Crippen LogP contribution in [-0.4, -0.2) is 68.0 Å². The van der Waals surface area contributed by atoms with Gasteiger partial charge in [0.15, 0.2) is 0 Å². The Balaban J connectivity index is 1.52. The maximum Gasteiger partial charge on any atom is 0.326 e. The minimum atomic E-state index is -1.03. The Bertz CT molecular complexity index is 933. The van der Waals surface area contributed by atoms with E-state index in [0.717, 1.165) is 5.56 Å². The molecule has 0 bridgehead atoms. The molecule has 1 aromatic rings. The van der Waals surface area contributed by atoms with Crippen LogP contribution in [0.25, 0.3) is 0 Å². The van der Waals surface area contributed by atoms with Crippen molar-refractivity contribution in [3.05, 3.63) is 35.4 Å². The number of benzene rings is 1. The second-order valence-electron chi connectivity index (χ2n) is 8.53. The van der Waals surface area contributed by atoms with Crippen molar-refractivity contribution in [2.24, 2.45) is 0 Å². The number of likely N-dealkylation sites (tertiary alicyclic amines) is 1. The molecule has 4 atom stereocenters. The summed E-state index contributed by atoms with van der Waals surface area (Å²) in [6.45, 7) is 5.76. The van der Waals surface area contributed by atoms with Crippen molar-refractivity contribution in [2.45, 2.75) is 61.9 Å². The normalized spacial score (nSPS) is 27.6. The summed E-state index contributed by atoms with van der Waals surface area (Å²) in [7, 11) is 0. The fourth-order valence-corrected chi connectivity index (χ4v) is 6.28. The molecule has 8 nitrogen and oxygen atoms in total. The molecule has 9 heteroatoms. The lowest BCUT2D eigenvalue weighted by molar-refractivity contribution is -0.149. The lowest BCUT2D eigenvalue weighted by Crippen LogP contribution is -2.57. The van der Waals surface area contributed by atoms with Crippen LogP contribution in [0, 0.1) is 0 Å². The molecule has 160 valence electrons. The highest BCUT2D eigenvalue weighted by Gasteiger charge is 2.57. The smallest absolute Gasteiger partial charge is 0.326 e. The molecule has 3 aliphatic rings. The van der Waals surface area contributed by atoms with Crippen LogP contribution in [0.2, 0.25) is 0 Å². The molecule has 3 heterocycles. The van der Waals surface area contributed by atoms with Gasteiger partial charge >= 0.3 is 5.97 Å². The van der Waals surface area contributed by atoms with Gasteiger partial charge in [0.2, 0.25) is 11.8 Å². The maximum atomic E-state index is 13.2. The van der Waals surface area contributed by atoms with Gasteiger partial charge in [-0.05, 0) is 45.2 Å². The Morgan fingerprint density at radius 2 is 1.97 bits per heavy atom. The molecule has 2 fully saturated rings. The lowest BCUT2D eigenvalue weighted by Gasteiger charge is -2.31. The first kappa shape index (κ1) is 20.7. The van der Waals surface area contributed by atoms with E-state index >= 15 is 0 Å². The Kier molecular flexibility index (Phi) is 5.04. The van der Waals surface area contributed by atoms with Gasteiger partial charge in [0, 0.05) is 16.9 Å². The van der Waals surface area contributed by atoms with Crippen molar-refractivity contribution in [1.29, 1.82) is 0 Å². The van der Waals surface area contributed by atoms with E-state index in [2.05, 4.69) is 5.32 Å². The van der Waals surface area contributed by atoms with Crippen LogP contribution in [0.4, 0.5) is 0 Å². The van der Waals surface area contributed by atoms with Crippen LogP contribution in [0.3, 0.4) is 0 Å². The van der Waals surface area contributed by atoms with Gasteiger partial charge < -0.3 is 20.2 Å². The van der Waals surface area contributed by atoms with E-state index in [9.17, 15) is 24.3 Å². The molecule has 4 rings (SSSR count). The first-order chi connectivity index (χ1) is 14.1. The van der Waals surface area contributed by atoms with Crippen molar-refractivity contribution in [2.75, 3.05) is 6.54 Å². The van der Waals surface area contributed by atoms with Gasteiger partial charge in [0.25, 0.3) is 5.91 Å². The average molecular weight is 432 g/mol. The van der Waals surface area contributed by atoms with E-state index in [1.165, 1.54) is 4.90 Å². The standard InChI is InChI=1S/C21H25N3O5S/c1-11(17(26)23-10-6-9-14(23)20(28)29)22-16(25)15-21(2,3)30-19-13-8-5-4-7-12(13)18(27)24(15)19/h4-5,7-8,11,14-15,19H,6,9-10H2,1-3H3,(H,22,25)(H,28,29)/t11-,14+,15-,19-/m0/s1. The number of hydrogen-bond acceptors (Lipinski definition) is 5. The summed E-state index contributed by atoms with van der Waals surface area (Å²) < 4.78 is -0.544. The van der Waals surface area contributed by atoms with Gasteiger partial charge in [-0.2, -0.15) is 0 Å². The molecule has 1 aromatic carbocycles. The molecule has 0 radical (unpaired) electrons. The summed E-state index contributed by atoms with van der Waals surface area (Å²) in [6.07, 6.45) is 1.04. The number of carboxylic acids is 1. The van der Waals surface area contributed by atoms with Crippen LogP contribution >= 0.6 is 11.8 Å². The molecule has 3 amide bonds. The molecule has 3 aliphatic heterocycles. The van der Waals surface area contributed by atoms with Crippen molar-refractivity contribution in [3.8, 4) is 0 Å². The molecule has 0 saturated carbocycles. The molecule has 0 unspecified atom stereocenters. The Morgan fingerprint density at radius 3 is 2.67 bits per heavy atom. The predicted octanol–water partition coefficient (Wildman–Crippen LogP) is 1.62. The predicted molar refractivity (Wildman–Crippen MR) is 111 cm³/mol. The first-order valence-corrected chi connectivity index (χ1v) is 10.9. The summed E-state index contributed by atoms with van der Waals surface area (Å²) in [5.74, 6) is -2.03. The SMILES string of the molecule is C[C@H](NC(=O)[C@@H]1N2C(=O)c3ccccc3[C@@H]2SC1(C)C)C(=O)N1CCC[C@@H]1C(=O)O.